The highest BCUT2D eigenvalue weighted by molar-refractivity contribution is 7.12. The highest BCUT2D eigenvalue weighted by atomic mass is 32.1. The van der Waals surface area contributed by atoms with Crippen molar-refractivity contribution in [2.24, 2.45) is 5.73 Å². The molecule has 0 radical (unpaired) electrons. The Balaban J connectivity index is 2.16. The van der Waals surface area contributed by atoms with Gasteiger partial charge in [-0.3, -0.25) is 4.68 Å². The molecule has 0 saturated carbocycles. The Kier molecular flexibility index (Phi) is 4.78. The van der Waals surface area contributed by atoms with Crippen LogP contribution in [0.15, 0.2) is 18.2 Å². The first-order valence-electron chi connectivity index (χ1n) is 6.60. The molecule has 0 fully saturated rings. The summed E-state index contributed by atoms with van der Waals surface area (Å²) in [5.74, 6) is 5.95. The largest absolute Gasteiger partial charge is 0.320 e. The van der Waals surface area contributed by atoms with E-state index in [9.17, 15) is 0 Å². The molecule has 0 bridgehead atoms. The van der Waals surface area contributed by atoms with E-state index in [1.165, 1.54) is 10.6 Å². The molecule has 0 aliphatic rings. The van der Waals surface area contributed by atoms with Crippen LogP contribution in [0.1, 0.15) is 35.0 Å². The van der Waals surface area contributed by atoms with Gasteiger partial charge in [-0.2, -0.15) is 5.10 Å². The monoisotopic (exact) mass is 273 g/mol. The zero-order valence-corrected chi connectivity index (χ0v) is 12.3. The predicted molar refractivity (Wildman–Crippen MR) is 80.3 cm³/mol. The molecule has 4 heteroatoms. The molecule has 19 heavy (non-hydrogen) atoms. The molecule has 2 N–H and O–H groups in total. The van der Waals surface area contributed by atoms with Crippen molar-refractivity contribution in [3.05, 3.63) is 39.3 Å². The number of hydrogen-bond acceptors (Lipinski definition) is 3. The van der Waals surface area contributed by atoms with Crippen LogP contribution in [0, 0.1) is 11.8 Å². The van der Waals surface area contributed by atoms with Crippen LogP contribution in [0.5, 0.6) is 0 Å². The first-order chi connectivity index (χ1) is 9.26. The molecule has 0 aliphatic carbocycles. The summed E-state index contributed by atoms with van der Waals surface area (Å²) in [7, 11) is 0. The van der Waals surface area contributed by atoms with E-state index in [2.05, 4.69) is 53.7 Å². The summed E-state index contributed by atoms with van der Waals surface area (Å²) in [5.41, 5.74) is 7.83. The van der Waals surface area contributed by atoms with E-state index < -0.39 is 0 Å². The molecule has 0 saturated heterocycles. The van der Waals surface area contributed by atoms with Crippen LogP contribution in [0.25, 0.3) is 0 Å². The van der Waals surface area contributed by atoms with Crippen LogP contribution < -0.4 is 5.73 Å². The molecule has 0 aromatic carbocycles. The lowest BCUT2D eigenvalue weighted by molar-refractivity contribution is 0.646. The summed E-state index contributed by atoms with van der Waals surface area (Å²) in [6, 6.07) is 6.37. The molecule has 2 aromatic rings. The number of hydrogen-bond donors (Lipinski definition) is 1. The van der Waals surface area contributed by atoms with Crippen molar-refractivity contribution in [1.82, 2.24) is 9.78 Å². The van der Waals surface area contributed by atoms with E-state index >= 15 is 0 Å². The van der Waals surface area contributed by atoms with Crippen LogP contribution in [0.3, 0.4) is 0 Å². The second-order valence-corrected chi connectivity index (χ2v) is 5.43. The van der Waals surface area contributed by atoms with Crippen molar-refractivity contribution in [3.63, 3.8) is 0 Å². The summed E-state index contributed by atoms with van der Waals surface area (Å²) in [4.78, 5) is 2.35. The van der Waals surface area contributed by atoms with Gasteiger partial charge in [0.25, 0.3) is 0 Å². The third-order valence-corrected chi connectivity index (χ3v) is 3.90. The zero-order valence-electron chi connectivity index (χ0n) is 11.4. The number of thiophene rings is 1. The minimum atomic E-state index is 0.409. The Morgan fingerprint density at radius 3 is 2.84 bits per heavy atom. The molecule has 3 nitrogen and oxygen atoms in total. The number of rotatable bonds is 4. The fourth-order valence-corrected chi connectivity index (χ4v) is 2.79. The molecule has 0 aliphatic heterocycles. The molecule has 0 unspecified atom stereocenters. The van der Waals surface area contributed by atoms with Crippen molar-refractivity contribution >= 4 is 11.3 Å². The van der Waals surface area contributed by atoms with Crippen LogP contribution in [0.4, 0.5) is 0 Å². The van der Waals surface area contributed by atoms with Gasteiger partial charge >= 0.3 is 0 Å². The fourth-order valence-electron chi connectivity index (χ4n) is 1.93. The predicted octanol–water partition coefficient (Wildman–Crippen LogP) is 2.43. The lowest BCUT2D eigenvalue weighted by Crippen LogP contribution is -2.04. The van der Waals surface area contributed by atoms with E-state index in [0.29, 0.717) is 6.54 Å². The van der Waals surface area contributed by atoms with Crippen LogP contribution in [-0.4, -0.2) is 16.3 Å². The minimum Gasteiger partial charge on any atom is -0.320 e. The van der Waals surface area contributed by atoms with Crippen LogP contribution >= 0.6 is 11.3 Å². The average molecular weight is 273 g/mol. The van der Waals surface area contributed by atoms with Gasteiger partial charge in [-0.05, 0) is 31.0 Å². The van der Waals surface area contributed by atoms with Gasteiger partial charge in [-0.15, -0.1) is 11.3 Å². The van der Waals surface area contributed by atoms with Gasteiger partial charge < -0.3 is 5.73 Å². The SMILES string of the molecule is CCc1cc(CC)n(Cc2ccc(C#CCN)s2)n1. The van der Waals surface area contributed by atoms with Gasteiger partial charge in [-0.1, -0.05) is 25.7 Å². The van der Waals surface area contributed by atoms with Gasteiger partial charge in [-0.25, -0.2) is 0 Å². The number of aromatic nitrogens is 2. The Labute approximate surface area is 118 Å². The molecular formula is C15H19N3S. The third-order valence-electron chi connectivity index (χ3n) is 2.92. The van der Waals surface area contributed by atoms with Crippen molar-refractivity contribution in [2.75, 3.05) is 6.54 Å². The van der Waals surface area contributed by atoms with Gasteiger partial charge in [0.05, 0.1) is 23.7 Å². The van der Waals surface area contributed by atoms with Crippen LogP contribution in [-0.2, 0) is 19.4 Å². The summed E-state index contributed by atoms with van der Waals surface area (Å²) in [6.07, 6.45) is 2.00. The third kappa shape index (κ3) is 3.46. The topological polar surface area (TPSA) is 43.8 Å². The number of aryl methyl sites for hydroxylation is 2. The lowest BCUT2D eigenvalue weighted by Gasteiger charge is -2.03. The first-order valence-corrected chi connectivity index (χ1v) is 7.41. The fraction of sp³-hybridized carbons (Fsp3) is 0.400. The van der Waals surface area contributed by atoms with Gasteiger partial charge in [0.2, 0.25) is 0 Å². The number of nitrogens with two attached hydrogens (primary N) is 1. The molecule has 0 atom stereocenters. The Morgan fingerprint density at radius 1 is 1.32 bits per heavy atom. The van der Waals surface area contributed by atoms with E-state index in [4.69, 9.17) is 5.73 Å². The van der Waals surface area contributed by atoms with E-state index in [1.54, 1.807) is 11.3 Å². The molecule has 2 heterocycles. The van der Waals surface area contributed by atoms with Crippen molar-refractivity contribution < 1.29 is 0 Å². The molecule has 0 spiro atoms. The van der Waals surface area contributed by atoms with E-state index in [0.717, 1.165) is 30.0 Å². The highest BCUT2D eigenvalue weighted by Crippen LogP contribution is 2.18. The zero-order chi connectivity index (χ0) is 13.7. The first kappa shape index (κ1) is 13.9. The second-order valence-electron chi connectivity index (χ2n) is 4.26. The summed E-state index contributed by atoms with van der Waals surface area (Å²) in [6.45, 7) is 5.54. The average Bonchev–Trinajstić information content (AvgIpc) is 3.03. The molecule has 0 amide bonds. The van der Waals surface area contributed by atoms with Gasteiger partial charge in [0.15, 0.2) is 0 Å². The Hall–Kier alpha value is -1.57. The maximum absolute atomic E-state index is 5.38. The normalized spacial score (nSPS) is 10.3. The standard InChI is InChI=1S/C15H19N3S/c1-3-12-10-13(4-2)18(17-12)11-15-8-7-14(19-15)6-5-9-16/h7-8,10H,3-4,9,11,16H2,1-2H3. The smallest absolute Gasteiger partial charge is 0.0772 e. The van der Waals surface area contributed by atoms with Crippen LogP contribution in [0.2, 0.25) is 0 Å². The minimum absolute atomic E-state index is 0.409. The summed E-state index contributed by atoms with van der Waals surface area (Å²) < 4.78 is 2.10. The van der Waals surface area contributed by atoms with Gasteiger partial charge in [0.1, 0.15) is 0 Å². The lowest BCUT2D eigenvalue weighted by atomic mass is 10.2. The maximum atomic E-state index is 5.38. The van der Waals surface area contributed by atoms with Gasteiger partial charge in [0, 0.05) is 10.6 Å². The molecule has 2 rings (SSSR count). The van der Waals surface area contributed by atoms with Crippen molar-refractivity contribution in [2.45, 2.75) is 33.2 Å². The van der Waals surface area contributed by atoms with Crippen molar-refractivity contribution in [1.29, 1.82) is 0 Å². The van der Waals surface area contributed by atoms with Crippen molar-refractivity contribution in [3.8, 4) is 11.8 Å². The van der Waals surface area contributed by atoms with E-state index in [-0.39, 0.29) is 0 Å². The van der Waals surface area contributed by atoms with E-state index in [1.807, 2.05) is 0 Å². The quantitative estimate of drug-likeness (QED) is 0.870. The Morgan fingerprint density at radius 2 is 2.16 bits per heavy atom. The Bertz CT molecular complexity index is 598. The molecular weight excluding hydrogens is 254 g/mol. The second kappa shape index (κ2) is 6.55. The molecule has 2 aromatic heterocycles. The molecule has 100 valence electrons. The highest BCUT2D eigenvalue weighted by Gasteiger charge is 2.07. The maximum Gasteiger partial charge on any atom is 0.0772 e. The summed E-state index contributed by atoms with van der Waals surface area (Å²) >= 11 is 1.71. The summed E-state index contributed by atoms with van der Waals surface area (Å²) in [5, 5.41) is 4.63. The number of nitrogens with zero attached hydrogens (tertiary/aromatic N) is 2.